The van der Waals surface area contributed by atoms with E-state index in [1.54, 1.807) is 0 Å². The summed E-state index contributed by atoms with van der Waals surface area (Å²) in [6.07, 6.45) is 0.0447. The molecular weight excluding hydrogens is 864 g/mol. The molecular formula is C45H60Br2N2O5Si2. The van der Waals surface area contributed by atoms with Gasteiger partial charge in [-0.15, -0.1) is 0 Å². The van der Waals surface area contributed by atoms with Crippen LogP contribution in [-0.4, -0.2) is 83.1 Å². The lowest BCUT2D eigenvalue weighted by Crippen LogP contribution is -2.53. The van der Waals surface area contributed by atoms with Gasteiger partial charge in [-0.3, -0.25) is 0 Å². The first-order chi connectivity index (χ1) is 26.8. The molecule has 0 unspecified atom stereocenters. The van der Waals surface area contributed by atoms with Crippen molar-refractivity contribution < 1.29 is 23.7 Å². The summed E-state index contributed by atoms with van der Waals surface area (Å²) in [5.41, 5.74) is 4.29. The summed E-state index contributed by atoms with van der Waals surface area (Å²) < 4.78 is 28.5. The Labute approximate surface area is 354 Å². The van der Waals surface area contributed by atoms with E-state index < -0.39 is 40.4 Å². The van der Waals surface area contributed by atoms with Gasteiger partial charge >= 0.3 is 6.03 Å². The molecule has 0 radical (unpaired) electrons. The normalized spacial score (nSPS) is 19.3. The molecule has 302 valence electrons. The Hall–Kier alpha value is -2.62. The number of amides is 2. The average Bonchev–Trinajstić information content (AvgIpc) is 3.23. The summed E-state index contributed by atoms with van der Waals surface area (Å²) in [5, 5.41) is 0. The summed E-state index contributed by atoms with van der Waals surface area (Å²) in [7, 11) is -2.66. The van der Waals surface area contributed by atoms with E-state index in [0.717, 1.165) is 43.3 Å². The molecule has 1 fully saturated rings. The van der Waals surface area contributed by atoms with E-state index in [1.807, 2.05) is 46.2 Å². The Balaban J connectivity index is 1.64. The predicted octanol–water partition coefficient (Wildman–Crippen LogP) is 11.3. The maximum absolute atomic E-state index is 15.6. The first-order valence-electron chi connectivity index (χ1n) is 19.8. The quantitative estimate of drug-likeness (QED) is 0.0502. The lowest BCUT2D eigenvalue weighted by atomic mass is 9.90. The fourth-order valence-electron chi connectivity index (χ4n) is 6.89. The van der Waals surface area contributed by atoms with Crippen LogP contribution in [0.5, 0.6) is 0 Å². The van der Waals surface area contributed by atoms with Crippen molar-refractivity contribution in [3.63, 3.8) is 0 Å². The topological polar surface area (TPSA) is 60.5 Å². The lowest BCUT2D eigenvalue weighted by molar-refractivity contribution is -0.188. The molecule has 4 aromatic carbocycles. The van der Waals surface area contributed by atoms with Crippen molar-refractivity contribution in [1.82, 2.24) is 9.80 Å². The zero-order valence-electron chi connectivity index (χ0n) is 34.0. The van der Waals surface area contributed by atoms with Crippen molar-refractivity contribution >= 4 is 54.0 Å². The molecule has 56 heavy (non-hydrogen) atoms. The SMILES string of the molecule is C[Si](C)(C)CCOCO[C@@H]1[C@@H](OCOCC[Si](C)(C)C)[C@@H](Cc2ccccc2)N(Cc2ccc(Br)cc2)C(=O)N(Cc2ccc(Br)cc2)[C@@H]1Cc1ccccc1. The largest absolute Gasteiger partial charge is 0.356 e. The maximum Gasteiger partial charge on any atom is 0.321 e. The number of hydrogen-bond donors (Lipinski definition) is 0. The van der Waals surface area contributed by atoms with Gasteiger partial charge in [-0.1, -0.05) is 156 Å². The molecule has 11 heteroatoms. The van der Waals surface area contributed by atoms with E-state index in [9.17, 15) is 0 Å². The number of carbonyl (C=O) groups is 1. The zero-order chi connectivity index (χ0) is 40.1. The van der Waals surface area contributed by atoms with E-state index in [2.05, 4.69) is 144 Å². The number of urea groups is 1. The van der Waals surface area contributed by atoms with Crippen LogP contribution in [-0.2, 0) is 44.9 Å². The summed E-state index contributed by atoms with van der Waals surface area (Å²) in [6.45, 7) is 16.4. The number of carbonyl (C=O) groups excluding carboxylic acids is 1. The molecule has 7 nitrogen and oxygen atoms in total. The third-order valence-electron chi connectivity index (χ3n) is 10.2. The molecule has 0 aromatic heterocycles. The van der Waals surface area contributed by atoms with Gasteiger partial charge in [0.2, 0.25) is 0 Å². The van der Waals surface area contributed by atoms with Crippen molar-refractivity contribution in [2.24, 2.45) is 0 Å². The van der Waals surface area contributed by atoms with Gasteiger partial charge in [-0.2, -0.15) is 0 Å². The van der Waals surface area contributed by atoms with Gasteiger partial charge in [0, 0.05) is 51.4 Å². The lowest BCUT2D eigenvalue weighted by Gasteiger charge is -2.38. The molecule has 0 aliphatic carbocycles. The van der Waals surface area contributed by atoms with Crippen LogP contribution in [0.3, 0.4) is 0 Å². The van der Waals surface area contributed by atoms with Crippen molar-refractivity contribution in [1.29, 1.82) is 0 Å². The predicted molar refractivity (Wildman–Crippen MR) is 240 cm³/mol. The van der Waals surface area contributed by atoms with Crippen LogP contribution < -0.4 is 0 Å². The van der Waals surface area contributed by atoms with Gasteiger partial charge < -0.3 is 28.7 Å². The number of benzene rings is 4. The molecule has 1 aliphatic heterocycles. The molecule has 0 saturated carbocycles. The Morgan fingerprint density at radius 1 is 0.518 bits per heavy atom. The summed E-state index contributed by atoms with van der Waals surface area (Å²) in [6, 6.07) is 38.5. The van der Waals surface area contributed by atoms with E-state index >= 15 is 4.79 Å². The molecule has 4 atom stereocenters. The molecule has 5 rings (SSSR count). The fourth-order valence-corrected chi connectivity index (χ4v) is 8.93. The molecule has 1 aliphatic rings. The minimum atomic E-state index is -1.33. The fraction of sp³-hybridized carbons (Fsp3) is 0.444. The zero-order valence-corrected chi connectivity index (χ0v) is 39.1. The summed E-state index contributed by atoms with van der Waals surface area (Å²) >= 11 is 7.22. The second kappa shape index (κ2) is 21.4. The van der Waals surface area contributed by atoms with Gasteiger partial charge in [0.05, 0.1) is 12.1 Å². The van der Waals surface area contributed by atoms with Crippen molar-refractivity contribution in [2.45, 2.75) is 102 Å². The summed E-state index contributed by atoms with van der Waals surface area (Å²) in [4.78, 5) is 19.7. The standard InChI is InChI=1S/C45H60Br2N2O5Si2/c1-55(2,3)27-25-51-33-53-43-41(29-35-13-9-7-10-14-35)48(31-37-17-21-39(46)22-18-37)45(50)49(32-38-19-23-40(47)24-20-38)42(30-36-15-11-8-12-16-36)44(43)54-34-52-26-28-56(4,5)6/h7-24,41-44H,25-34H2,1-6H3/t41-,42-,43+,44+/m1/s1. The molecule has 2 amide bonds. The van der Waals surface area contributed by atoms with E-state index in [-0.39, 0.29) is 19.6 Å². The maximum atomic E-state index is 15.6. The highest BCUT2D eigenvalue weighted by atomic mass is 79.9. The van der Waals surface area contributed by atoms with Crippen LogP contribution >= 0.6 is 31.9 Å². The van der Waals surface area contributed by atoms with Crippen molar-refractivity contribution in [3.8, 4) is 0 Å². The molecule has 1 heterocycles. The van der Waals surface area contributed by atoms with Gasteiger partial charge in [0.15, 0.2) is 0 Å². The van der Waals surface area contributed by atoms with Gasteiger partial charge in [-0.25, -0.2) is 4.79 Å². The monoisotopic (exact) mass is 922 g/mol. The number of nitrogens with zero attached hydrogens (tertiary/aromatic N) is 2. The van der Waals surface area contributed by atoms with Gasteiger partial charge in [0.1, 0.15) is 25.8 Å². The number of ether oxygens (including phenoxy) is 4. The molecule has 0 N–H and O–H groups in total. The first-order valence-corrected chi connectivity index (χ1v) is 28.8. The first kappa shape index (κ1) is 44.5. The Morgan fingerprint density at radius 3 is 1.21 bits per heavy atom. The third kappa shape index (κ3) is 14.3. The summed E-state index contributed by atoms with van der Waals surface area (Å²) in [5.74, 6) is 0. The highest BCUT2D eigenvalue weighted by Crippen LogP contribution is 2.33. The highest BCUT2D eigenvalue weighted by molar-refractivity contribution is 9.10. The van der Waals surface area contributed by atoms with E-state index in [4.69, 9.17) is 18.9 Å². The second-order valence-corrected chi connectivity index (χ2v) is 30.3. The van der Waals surface area contributed by atoms with Crippen LogP contribution in [0.4, 0.5) is 4.79 Å². The van der Waals surface area contributed by atoms with Crippen LogP contribution in [0, 0.1) is 0 Å². The van der Waals surface area contributed by atoms with E-state index in [0.29, 0.717) is 39.1 Å². The molecule has 0 spiro atoms. The van der Waals surface area contributed by atoms with Crippen LogP contribution in [0.2, 0.25) is 51.4 Å². The highest BCUT2D eigenvalue weighted by Gasteiger charge is 2.49. The molecule has 1 saturated heterocycles. The molecule has 4 aromatic rings. The second-order valence-electron chi connectivity index (χ2n) is 17.2. The van der Waals surface area contributed by atoms with Crippen LogP contribution in [0.15, 0.2) is 118 Å². The molecule has 0 bridgehead atoms. The Bertz CT molecular complexity index is 1630. The number of hydrogen-bond acceptors (Lipinski definition) is 5. The number of rotatable bonds is 20. The van der Waals surface area contributed by atoms with Crippen LogP contribution in [0.25, 0.3) is 0 Å². The minimum Gasteiger partial charge on any atom is -0.356 e. The van der Waals surface area contributed by atoms with Crippen LogP contribution in [0.1, 0.15) is 22.3 Å². The van der Waals surface area contributed by atoms with Crippen molar-refractivity contribution in [2.75, 3.05) is 26.8 Å². The van der Waals surface area contributed by atoms with Gasteiger partial charge in [-0.05, 0) is 71.4 Å². The Morgan fingerprint density at radius 2 is 0.875 bits per heavy atom. The smallest absolute Gasteiger partial charge is 0.321 e. The Kier molecular flexibility index (Phi) is 17.0. The number of halogens is 2. The van der Waals surface area contributed by atoms with Crippen molar-refractivity contribution in [3.05, 3.63) is 140 Å². The van der Waals surface area contributed by atoms with E-state index in [1.165, 1.54) is 0 Å². The third-order valence-corrected chi connectivity index (χ3v) is 14.6. The van der Waals surface area contributed by atoms with Gasteiger partial charge in [0.25, 0.3) is 0 Å². The minimum absolute atomic E-state index is 0.0586. The average molecular weight is 925 g/mol.